The van der Waals surface area contributed by atoms with Crippen LogP contribution in [0.25, 0.3) is 0 Å². The SMILES string of the molecule is Cc1nc([C@H]2CCCN(C(=O)Cc3ccc(NC(=O)CC(C)(C)C)cc3)C2)n[nH]1. The Morgan fingerprint density at radius 1 is 1.24 bits per heavy atom. The van der Waals surface area contributed by atoms with E-state index in [-0.39, 0.29) is 23.1 Å². The minimum absolute atomic E-state index is 0.00268. The van der Waals surface area contributed by atoms with Gasteiger partial charge in [-0.05, 0) is 42.9 Å². The van der Waals surface area contributed by atoms with E-state index in [4.69, 9.17) is 0 Å². The van der Waals surface area contributed by atoms with E-state index in [9.17, 15) is 9.59 Å². The molecule has 1 saturated heterocycles. The summed E-state index contributed by atoms with van der Waals surface area (Å²) in [5.74, 6) is 1.92. The summed E-state index contributed by atoms with van der Waals surface area (Å²) in [4.78, 5) is 31.2. The summed E-state index contributed by atoms with van der Waals surface area (Å²) >= 11 is 0. The molecule has 2 heterocycles. The van der Waals surface area contributed by atoms with E-state index in [2.05, 4.69) is 20.5 Å². The number of nitrogens with one attached hydrogen (secondary N) is 2. The predicted molar refractivity (Wildman–Crippen MR) is 113 cm³/mol. The highest BCUT2D eigenvalue weighted by Gasteiger charge is 2.27. The first kappa shape index (κ1) is 21.0. The van der Waals surface area contributed by atoms with Crippen LogP contribution in [0.2, 0.25) is 0 Å². The van der Waals surface area contributed by atoms with Crippen molar-refractivity contribution in [2.24, 2.45) is 5.41 Å². The standard InChI is InChI=1S/C22H31N5O2/c1-15-23-21(26-25-15)17-6-5-11-27(14-17)20(29)12-16-7-9-18(10-8-16)24-19(28)13-22(2,3)4/h7-10,17H,5-6,11-14H2,1-4H3,(H,24,28)(H,23,25,26)/t17-/m0/s1. The van der Waals surface area contributed by atoms with Gasteiger partial charge in [0.1, 0.15) is 5.82 Å². The Balaban J connectivity index is 1.54. The van der Waals surface area contributed by atoms with E-state index in [1.807, 2.05) is 56.9 Å². The average Bonchev–Trinajstić information content (AvgIpc) is 3.08. The molecule has 0 bridgehead atoms. The van der Waals surface area contributed by atoms with Gasteiger partial charge in [-0.1, -0.05) is 32.9 Å². The maximum absolute atomic E-state index is 12.8. The highest BCUT2D eigenvalue weighted by atomic mass is 16.2. The number of hydrogen-bond donors (Lipinski definition) is 2. The molecule has 2 N–H and O–H groups in total. The molecule has 0 spiro atoms. The van der Waals surface area contributed by atoms with Gasteiger partial charge in [-0.2, -0.15) is 5.10 Å². The van der Waals surface area contributed by atoms with Crippen molar-refractivity contribution in [1.29, 1.82) is 0 Å². The monoisotopic (exact) mass is 397 g/mol. The van der Waals surface area contributed by atoms with E-state index >= 15 is 0 Å². The molecule has 1 fully saturated rings. The molecule has 1 aliphatic heterocycles. The van der Waals surface area contributed by atoms with E-state index in [0.29, 0.717) is 19.4 Å². The molecule has 2 aromatic rings. The van der Waals surface area contributed by atoms with Gasteiger partial charge in [-0.15, -0.1) is 0 Å². The predicted octanol–water partition coefficient (Wildman–Crippen LogP) is 3.44. The van der Waals surface area contributed by atoms with E-state index in [1.54, 1.807) is 0 Å². The lowest BCUT2D eigenvalue weighted by molar-refractivity contribution is -0.131. The van der Waals surface area contributed by atoms with Gasteiger partial charge >= 0.3 is 0 Å². The topological polar surface area (TPSA) is 91.0 Å². The van der Waals surface area contributed by atoms with Crippen LogP contribution >= 0.6 is 0 Å². The zero-order valence-corrected chi connectivity index (χ0v) is 17.8. The normalized spacial score (nSPS) is 17.2. The Morgan fingerprint density at radius 3 is 2.59 bits per heavy atom. The molecule has 7 nitrogen and oxygen atoms in total. The van der Waals surface area contributed by atoms with Crippen molar-refractivity contribution in [2.75, 3.05) is 18.4 Å². The fourth-order valence-electron chi connectivity index (χ4n) is 3.64. The van der Waals surface area contributed by atoms with Crippen LogP contribution < -0.4 is 5.32 Å². The molecular weight excluding hydrogens is 366 g/mol. The summed E-state index contributed by atoms with van der Waals surface area (Å²) in [6.45, 7) is 9.44. The number of hydrogen-bond acceptors (Lipinski definition) is 4. The quantitative estimate of drug-likeness (QED) is 0.809. The van der Waals surface area contributed by atoms with Crippen LogP contribution in [0.4, 0.5) is 5.69 Å². The minimum Gasteiger partial charge on any atom is -0.342 e. The highest BCUT2D eigenvalue weighted by Crippen LogP contribution is 2.25. The third-order valence-corrected chi connectivity index (χ3v) is 5.04. The van der Waals surface area contributed by atoms with Crippen molar-refractivity contribution in [2.45, 2.75) is 59.3 Å². The van der Waals surface area contributed by atoms with Crippen molar-refractivity contribution >= 4 is 17.5 Å². The summed E-state index contributed by atoms with van der Waals surface area (Å²) in [5, 5.41) is 10.1. The number of nitrogens with zero attached hydrogens (tertiary/aromatic N) is 3. The van der Waals surface area contributed by atoms with E-state index in [0.717, 1.165) is 42.3 Å². The number of carbonyl (C=O) groups excluding carboxylic acids is 2. The third-order valence-electron chi connectivity index (χ3n) is 5.04. The van der Waals surface area contributed by atoms with Crippen molar-refractivity contribution in [3.05, 3.63) is 41.5 Å². The van der Waals surface area contributed by atoms with Crippen molar-refractivity contribution in [1.82, 2.24) is 20.1 Å². The Morgan fingerprint density at radius 2 is 1.97 bits per heavy atom. The first-order valence-electron chi connectivity index (χ1n) is 10.2. The highest BCUT2D eigenvalue weighted by molar-refractivity contribution is 5.91. The van der Waals surface area contributed by atoms with Gasteiger partial charge < -0.3 is 10.2 Å². The molecule has 156 valence electrons. The first-order valence-corrected chi connectivity index (χ1v) is 10.2. The van der Waals surface area contributed by atoms with Gasteiger partial charge in [0.05, 0.1) is 6.42 Å². The Kier molecular flexibility index (Phi) is 6.35. The van der Waals surface area contributed by atoms with Crippen molar-refractivity contribution < 1.29 is 9.59 Å². The van der Waals surface area contributed by atoms with Crippen molar-refractivity contribution in [3.8, 4) is 0 Å². The number of benzene rings is 1. The minimum atomic E-state index is -0.0487. The number of anilines is 1. The Labute approximate surface area is 172 Å². The number of piperidine rings is 1. The second kappa shape index (κ2) is 8.76. The zero-order chi connectivity index (χ0) is 21.0. The summed E-state index contributed by atoms with van der Waals surface area (Å²) in [6, 6.07) is 7.53. The van der Waals surface area contributed by atoms with Crippen LogP contribution in [-0.2, 0) is 16.0 Å². The molecule has 3 rings (SSSR count). The Bertz CT molecular complexity index is 851. The van der Waals surface area contributed by atoms with Crippen LogP contribution in [-0.4, -0.2) is 45.0 Å². The van der Waals surface area contributed by atoms with Gasteiger partial charge in [0.15, 0.2) is 5.82 Å². The molecular formula is C22H31N5O2. The van der Waals surface area contributed by atoms with Crippen LogP contribution in [0, 0.1) is 12.3 Å². The summed E-state index contributed by atoms with van der Waals surface area (Å²) in [5.41, 5.74) is 1.65. The van der Waals surface area contributed by atoms with Crippen molar-refractivity contribution in [3.63, 3.8) is 0 Å². The maximum atomic E-state index is 12.8. The molecule has 29 heavy (non-hydrogen) atoms. The van der Waals surface area contributed by atoms with E-state index in [1.165, 1.54) is 0 Å². The molecule has 2 amide bonds. The van der Waals surface area contributed by atoms with E-state index < -0.39 is 0 Å². The fraction of sp³-hybridized carbons (Fsp3) is 0.545. The van der Waals surface area contributed by atoms with Gasteiger partial charge in [0.2, 0.25) is 11.8 Å². The maximum Gasteiger partial charge on any atom is 0.227 e. The van der Waals surface area contributed by atoms with Gasteiger partial charge in [0.25, 0.3) is 0 Å². The van der Waals surface area contributed by atoms with Crippen LogP contribution in [0.1, 0.15) is 63.2 Å². The molecule has 1 aliphatic rings. The van der Waals surface area contributed by atoms with Gasteiger partial charge in [-0.3, -0.25) is 14.7 Å². The molecule has 1 aromatic carbocycles. The molecule has 0 unspecified atom stereocenters. The number of aromatic amines is 1. The summed E-state index contributed by atoms with van der Waals surface area (Å²) in [6.07, 6.45) is 2.79. The molecule has 1 atom stereocenters. The van der Waals surface area contributed by atoms with Gasteiger partial charge in [0, 0.05) is 31.1 Å². The molecule has 0 aliphatic carbocycles. The number of carbonyl (C=O) groups is 2. The number of rotatable bonds is 5. The molecule has 7 heteroatoms. The molecule has 1 aromatic heterocycles. The number of amides is 2. The van der Waals surface area contributed by atoms with Crippen LogP contribution in [0.15, 0.2) is 24.3 Å². The zero-order valence-electron chi connectivity index (χ0n) is 17.8. The van der Waals surface area contributed by atoms with Crippen LogP contribution in [0.3, 0.4) is 0 Å². The molecule has 0 saturated carbocycles. The average molecular weight is 398 g/mol. The summed E-state index contributed by atoms with van der Waals surface area (Å²) in [7, 11) is 0. The smallest absolute Gasteiger partial charge is 0.227 e. The number of H-pyrrole nitrogens is 1. The second-order valence-corrected chi connectivity index (χ2v) is 9.12. The lowest BCUT2D eigenvalue weighted by Crippen LogP contribution is -2.40. The molecule has 0 radical (unpaired) electrons. The number of aryl methyl sites for hydroxylation is 1. The fourth-order valence-corrected chi connectivity index (χ4v) is 3.64. The second-order valence-electron chi connectivity index (χ2n) is 9.12. The largest absolute Gasteiger partial charge is 0.342 e. The van der Waals surface area contributed by atoms with Crippen LogP contribution in [0.5, 0.6) is 0 Å². The first-order chi connectivity index (χ1) is 13.7. The van der Waals surface area contributed by atoms with Gasteiger partial charge in [-0.25, -0.2) is 4.98 Å². The lowest BCUT2D eigenvalue weighted by Gasteiger charge is -2.31. The lowest BCUT2D eigenvalue weighted by atomic mass is 9.92. The summed E-state index contributed by atoms with van der Waals surface area (Å²) < 4.78 is 0. The number of aromatic nitrogens is 3. The Hall–Kier alpha value is -2.70. The third kappa shape index (κ3) is 6.14. The number of likely N-dealkylation sites (tertiary alicyclic amines) is 1.